The van der Waals surface area contributed by atoms with Gasteiger partial charge < -0.3 is 0 Å². The van der Waals surface area contributed by atoms with Crippen LogP contribution in [0, 0.1) is 29.6 Å². The molecule has 3 atom stereocenters. The standard InChI is InChI=1S/C19H32F2/c1-13-2-4-14(5-3-13)15-6-8-16(9-7-15)17-10-11-18(20)19(21)12-17/h13-19H,2-12H2,1H3. The Morgan fingerprint density at radius 2 is 0.952 bits per heavy atom. The van der Waals surface area contributed by atoms with Crippen molar-refractivity contribution in [2.24, 2.45) is 29.6 Å². The van der Waals surface area contributed by atoms with Gasteiger partial charge in [0.25, 0.3) is 0 Å². The van der Waals surface area contributed by atoms with E-state index in [2.05, 4.69) is 6.92 Å². The van der Waals surface area contributed by atoms with Crippen molar-refractivity contribution in [3.63, 3.8) is 0 Å². The molecule has 0 amide bonds. The second kappa shape index (κ2) is 6.96. The average Bonchev–Trinajstić information content (AvgIpc) is 2.51. The fourth-order valence-corrected chi connectivity index (χ4v) is 5.38. The van der Waals surface area contributed by atoms with Gasteiger partial charge in [0.05, 0.1) is 0 Å². The van der Waals surface area contributed by atoms with Crippen molar-refractivity contribution < 1.29 is 8.78 Å². The Balaban J connectivity index is 1.45. The fraction of sp³-hybridized carbons (Fsp3) is 1.00. The highest BCUT2D eigenvalue weighted by Gasteiger charge is 2.37. The molecule has 0 aromatic carbocycles. The van der Waals surface area contributed by atoms with Crippen molar-refractivity contribution in [3.05, 3.63) is 0 Å². The van der Waals surface area contributed by atoms with Gasteiger partial charge in [-0.1, -0.05) is 19.8 Å². The third-order valence-electron chi connectivity index (χ3n) is 6.94. The van der Waals surface area contributed by atoms with Crippen LogP contribution in [-0.4, -0.2) is 12.3 Å². The number of halogens is 2. The number of hydrogen-bond donors (Lipinski definition) is 0. The van der Waals surface area contributed by atoms with Gasteiger partial charge in [-0.2, -0.15) is 0 Å². The van der Waals surface area contributed by atoms with E-state index in [0.717, 1.165) is 24.2 Å². The SMILES string of the molecule is CC1CCC(C2CCC(C3CCC(F)C(F)C3)CC2)CC1. The molecule has 3 aliphatic carbocycles. The molecule has 3 fully saturated rings. The van der Waals surface area contributed by atoms with E-state index >= 15 is 0 Å². The maximum Gasteiger partial charge on any atom is 0.131 e. The zero-order valence-electron chi connectivity index (χ0n) is 13.6. The van der Waals surface area contributed by atoms with Crippen molar-refractivity contribution in [3.8, 4) is 0 Å². The van der Waals surface area contributed by atoms with Crippen molar-refractivity contribution in [1.82, 2.24) is 0 Å². The Labute approximate surface area is 129 Å². The van der Waals surface area contributed by atoms with Crippen LogP contribution in [0.3, 0.4) is 0 Å². The summed E-state index contributed by atoms with van der Waals surface area (Å²) in [7, 11) is 0. The van der Waals surface area contributed by atoms with Crippen LogP contribution in [0.1, 0.15) is 77.6 Å². The second-order valence-corrected chi connectivity index (χ2v) is 8.30. The molecule has 0 heterocycles. The predicted octanol–water partition coefficient (Wildman–Crippen LogP) is 6.10. The lowest BCUT2D eigenvalue weighted by Gasteiger charge is -2.41. The van der Waals surface area contributed by atoms with E-state index < -0.39 is 12.3 Å². The fourth-order valence-electron chi connectivity index (χ4n) is 5.38. The van der Waals surface area contributed by atoms with Gasteiger partial charge in [-0.3, -0.25) is 0 Å². The molecule has 2 heteroatoms. The Kier molecular flexibility index (Phi) is 5.22. The minimum Gasteiger partial charge on any atom is -0.244 e. The summed E-state index contributed by atoms with van der Waals surface area (Å²) >= 11 is 0. The molecule has 0 N–H and O–H groups in total. The van der Waals surface area contributed by atoms with Gasteiger partial charge in [-0.05, 0) is 87.4 Å². The van der Waals surface area contributed by atoms with Crippen LogP contribution >= 0.6 is 0 Å². The molecule has 0 saturated heterocycles. The highest BCUT2D eigenvalue weighted by atomic mass is 19.2. The molecular weight excluding hydrogens is 266 g/mol. The minimum absolute atomic E-state index is 0.465. The first kappa shape index (κ1) is 15.7. The molecule has 0 aromatic heterocycles. The van der Waals surface area contributed by atoms with Crippen LogP contribution in [0.15, 0.2) is 0 Å². The molecular formula is C19H32F2. The second-order valence-electron chi connectivity index (χ2n) is 8.30. The number of alkyl halides is 2. The highest BCUT2D eigenvalue weighted by Crippen LogP contribution is 2.45. The Bertz CT molecular complexity index is 314. The molecule has 0 nitrogen and oxygen atoms in total. The molecule has 122 valence electrons. The summed E-state index contributed by atoms with van der Waals surface area (Å²) in [6, 6.07) is 0. The van der Waals surface area contributed by atoms with Gasteiger partial charge in [0.1, 0.15) is 12.3 Å². The van der Waals surface area contributed by atoms with E-state index in [4.69, 9.17) is 0 Å². The summed E-state index contributed by atoms with van der Waals surface area (Å²) in [6.45, 7) is 2.39. The van der Waals surface area contributed by atoms with E-state index in [1.54, 1.807) is 0 Å². The quantitative estimate of drug-likeness (QED) is 0.578. The lowest BCUT2D eigenvalue weighted by molar-refractivity contribution is 0.0476. The zero-order chi connectivity index (χ0) is 14.8. The van der Waals surface area contributed by atoms with Crippen LogP contribution in [0.5, 0.6) is 0 Å². The molecule has 3 saturated carbocycles. The normalized spacial score (nSPS) is 49.0. The van der Waals surface area contributed by atoms with Crippen molar-refractivity contribution in [2.75, 3.05) is 0 Å². The van der Waals surface area contributed by atoms with E-state index in [-0.39, 0.29) is 0 Å². The largest absolute Gasteiger partial charge is 0.244 e. The molecule has 0 aromatic rings. The lowest BCUT2D eigenvalue weighted by Crippen LogP contribution is -2.34. The number of rotatable bonds is 2. The van der Waals surface area contributed by atoms with Crippen LogP contribution in [0.25, 0.3) is 0 Å². The van der Waals surface area contributed by atoms with E-state index in [1.807, 2.05) is 0 Å². The molecule has 3 rings (SSSR count). The first-order valence-electron chi connectivity index (χ1n) is 9.41. The monoisotopic (exact) mass is 298 g/mol. The van der Waals surface area contributed by atoms with Crippen molar-refractivity contribution >= 4 is 0 Å². The Morgan fingerprint density at radius 3 is 1.48 bits per heavy atom. The summed E-state index contributed by atoms with van der Waals surface area (Å²) in [5.74, 6) is 4.01. The lowest BCUT2D eigenvalue weighted by atomic mass is 9.65. The molecule has 0 aliphatic heterocycles. The Morgan fingerprint density at radius 1 is 0.524 bits per heavy atom. The molecule has 21 heavy (non-hydrogen) atoms. The highest BCUT2D eigenvalue weighted by molar-refractivity contribution is 4.87. The third kappa shape index (κ3) is 3.79. The van der Waals surface area contributed by atoms with Gasteiger partial charge in [-0.25, -0.2) is 8.78 Å². The van der Waals surface area contributed by atoms with E-state index in [9.17, 15) is 8.78 Å². The van der Waals surface area contributed by atoms with Crippen molar-refractivity contribution in [2.45, 2.75) is 89.9 Å². The zero-order valence-corrected chi connectivity index (χ0v) is 13.6. The Hall–Kier alpha value is -0.140. The maximum atomic E-state index is 13.6. The van der Waals surface area contributed by atoms with Crippen LogP contribution in [-0.2, 0) is 0 Å². The van der Waals surface area contributed by atoms with Crippen molar-refractivity contribution in [1.29, 1.82) is 0 Å². The van der Waals surface area contributed by atoms with Crippen LogP contribution in [0.2, 0.25) is 0 Å². The summed E-state index contributed by atoms with van der Waals surface area (Å²) in [5, 5.41) is 0. The van der Waals surface area contributed by atoms with Crippen LogP contribution < -0.4 is 0 Å². The van der Waals surface area contributed by atoms with Gasteiger partial charge in [0.2, 0.25) is 0 Å². The summed E-state index contributed by atoms with van der Waals surface area (Å²) in [5.41, 5.74) is 0. The van der Waals surface area contributed by atoms with Gasteiger partial charge in [-0.15, -0.1) is 0 Å². The topological polar surface area (TPSA) is 0 Å². The maximum absolute atomic E-state index is 13.6. The first-order chi connectivity index (χ1) is 10.1. The average molecular weight is 298 g/mol. The third-order valence-corrected chi connectivity index (χ3v) is 6.94. The molecule has 0 spiro atoms. The van der Waals surface area contributed by atoms with Gasteiger partial charge in [0.15, 0.2) is 0 Å². The van der Waals surface area contributed by atoms with E-state index in [1.165, 1.54) is 51.4 Å². The molecule has 0 bridgehead atoms. The van der Waals surface area contributed by atoms with Gasteiger partial charge in [0, 0.05) is 0 Å². The summed E-state index contributed by atoms with van der Waals surface area (Å²) in [4.78, 5) is 0. The predicted molar refractivity (Wildman–Crippen MR) is 83.7 cm³/mol. The summed E-state index contributed by atoms with van der Waals surface area (Å²) < 4.78 is 26.9. The minimum atomic E-state index is -1.18. The molecule has 3 aliphatic rings. The smallest absolute Gasteiger partial charge is 0.131 e. The van der Waals surface area contributed by atoms with E-state index in [0.29, 0.717) is 24.7 Å². The number of hydrogen-bond acceptors (Lipinski definition) is 0. The molecule has 3 unspecified atom stereocenters. The molecule has 0 radical (unpaired) electrons. The first-order valence-corrected chi connectivity index (χ1v) is 9.41. The summed E-state index contributed by atoms with van der Waals surface area (Å²) in [6.07, 6.45) is 10.5. The van der Waals surface area contributed by atoms with Crippen LogP contribution in [0.4, 0.5) is 8.78 Å². The van der Waals surface area contributed by atoms with Gasteiger partial charge >= 0.3 is 0 Å².